The van der Waals surface area contributed by atoms with E-state index >= 15 is 0 Å². The van der Waals surface area contributed by atoms with Crippen molar-refractivity contribution in [2.45, 2.75) is 6.42 Å². The lowest BCUT2D eigenvalue weighted by molar-refractivity contribution is 0.0948. The SMILES string of the molecule is O=C(NCCc1nc2ccccc2o1)c1cc(=O)n(-c2ccccc2)[nH]1. The first-order valence-corrected chi connectivity index (χ1v) is 8.21. The van der Waals surface area contributed by atoms with E-state index < -0.39 is 0 Å². The minimum Gasteiger partial charge on any atom is -0.441 e. The molecule has 2 heterocycles. The number of hydrogen-bond acceptors (Lipinski definition) is 4. The van der Waals surface area contributed by atoms with Gasteiger partial charge in [-0.15, -0.1) is 0 Å². The lowest BCUT2D eigenvalue weighted by atomic mass is 10.3. The van der Waals surface area contributed by atoms with Crippen molar-refractivity contribution >= 4 is 17.0 Å². The lowest BCUT2D eigenvalue weighted by Gasteiger charge is -2.03. The minimum atomic E-state index is -0.354. The molecular formula is C19H16N4O3. The molecule has 0 saturated heterocycles. The number of carbonyl (C=O) groups excluding carboxylic acids is 1. The Labute approximate surface area is 148 Å². The van der Waals surface area contributed by atoms with Crippen LogP contribution in [0.2, 0.25) is 0 Å². The fraction of sp³-hybridized carbons (Fsp3) is 0.105. The zero-order chi connectivity index (χ0) is 17.9. The van der Waals surface area contributed by atoms with Crippen molar-refractivity contribution in [3.8, 4) is 5.69 Å². The summed E-state index contributed by atoms with van der Waals surface area (Å²) in [6.45, 7) is 0.351. The van der Waals surface area contributed by atoms with Gasteiger partial charge < -0.3 is 9.73 Å². The van der Waals surface area contributed by atoms with Crippen LogP contribution in [0, 0.1) is 0 Å². The highest BCUT2D eigenvalue weighted by Gasteiger charge is 2.12. The van der Waals surface area contributed by atoms with Gasteiger partial charge in [0, 0.05) is 19.0 Å². The highest BCUT2D eigenvalue weighted by molar-refractivity contribution is 5.92. The van der Waals surface area contributed by atoms with Crippen LogP contribution in [0.15, 0.2) is 69.9 Å². The van der Waals surface area contributed by atoms with E-state index in [1.165, 1.54) is 10.7 Å². The van der Waals surface area contributed by atoms with Crippen LogP contribution in [-0.2, 0) is 6.42 Å². The predicted octanol–water partition coefficient (Wildman–Crippen LogP) is 2.28. The number of nitrogens with zero attached hydrogens (tertiary/aromatic N) is 2. The number of rotatable bonds is 5. The van der Waals surface area contributed by atoms with Gasteiger partial charge in [0.05, 0.1) is 5.69 Å². The highest BCUT2D eigenvalue weighted by Crippen LogP contribution is 2.14. The quantitative estimate of drug-likeness (QED) is 0.579. The van der Waals surface area contributed by atoms with Crippen LogP contribution in [0.5, 0.6) is 0 Å². The maximum Gasteiger partial charge on any atom is 0.271 e. The molecule has 0 fully saturated rings. The Bertz CT molecular complexity index is 1080. The molecule has 2 N–H and O–H groups in total. The van der Waals surface area contributed by atoms with Gasteiger partial charge in [0.25, 0.3) is 11.5 Å². The first kappa shape index (κ1) is 15.9. The third-order valence-electron chi connectivity index (χ3n) is 3.94. The van der Waals surface area contributed by atoms with Gasteiger partial charge in [-0.3, -0.25) is 14.7 Å². The highest BCUT2D eigenvalue weighted by atomic mass is 16.3. The normalized spacial score (nSPS) is 10.9. The van der Waals surface area contributed by atoms with E-state index in [4.69, 9.17) is 4.42 Å². The molecule has 0 radical (unpaired) electrons. The first-order valence-electron chi connectivity index (χ1n) is 8.21. The molecule has 0 spiro atoms. The number of fused-ring (bicyclic) bond motifs is 1. The summed E-state index contributed by atoms with van der Waals surface area (Å²) in [7, 11) is 0. The Kier molecular flexibility index (Phi) is 4.10. The summed E-state index contributed by atoms with van der Waals surface area (Å²) in [5, 5.41) is 5.58. The number of para-hydroxylation sites is 3. The second-order valence-corrected chi connectivity index (χ2v) is 5.76. The van der Waals surface area contributed by atoms with Crippen molar-refractivity contribution in [2.24, 2.45) is 0 Å². The Hall–Kier alpha value is -3.61. The number of amides is 1. The molecule has 0 aliphatic rings. The van der Waals surface area contributed by atoms with Gasteiger partial charge in [0.2, 0.25) is 0 Å². The molecule has 0 bridgehead atoms. The second kappa shape index (κ2) is 6.72. The molecule has 1 amide bonds. The Morgan fingerprint density at radius 1 is 1.12 bits per heavy atom. The molecule has 0 unspecified atom stereocenters. The Morgan fingerprint density at radius 3 is 2.69 bits per heavy atom. The van der Waals surface area contributed by atoms with Gasteiger partial charge in [-0.2, -0.15) is 0 Å². The molecular weight excluding hydrogens is 332 g/mol. The number of benzene rings is 2. The van der Waals surface area contributed by atoms with Gasteiger partial charge in [-0.05, 0) is 24.3 Å². The van der Waals surface area contributed by atoms with E-state index in [1.807, 2.05) is 42.5 Å². The summed E-state index contributed by atoms with van der Waals surface area (Å²) in [4.78, 5) is 28.7. The zero-order valence-corrected chi connectivity index (χ0v) is 13.8. The van der Waals surface area contributed by atoms with Crippen LogP contribution in [0.25, 0.3) is 16.8 Å². The van der Waals surface area contributed by atoms with E-state index in [2.05, 4.69) is 15.4 Å². The van der Waals surface area contributed by atoms with Crippen LogP contribution in [0.1, 0.15) is 16.4 Å². The Morgan fingerprint density at radius 2 is 1.88 bits per heavy atom. The Balaban J connectivity index is 1.41. The molecule has 2 aromatic carbocycles. The summed E-state index contributed by atoms with van der Waals surface area (Å²) in [5.41, 5.74) is 2.09. The first-order chi connectivity index (χ1) is 12.7. The third kappa shape index (κ3) is 3.14. The molecule has 0 aliphatic heterocycles. The second-order valence-electron chi connectivity index (χ2n) is 5.76. The van der Waals surface area contributed by atoms with Crippen molar-refractivity contribution in [2.75, 3.05) is 6.54 Å². The number of H-pyrrole nitrogens is 1. The fourth-order valence-corrected chi connectivity index (χ4v) is 2.69. The van der Waals surface area contributed by atoms with Crippen molar-refractivity contribution in [3.05, 3.63) is 82.6 Å². The van der Waals surface area contributed by atoms with Crippen LogP contribution in [0.4, 0.5) is 0 Å². The van der Waals surface area contributed by atoms with E-state index in [0.717, 1.165) is 11.1 Å². The number of hydrogen-bond donors (Lipinski definition) is 2. The molecule has 0 aliphatic carbocycles. The molecule has 2 aromatic heterocycles. The number of nitrogens with one attached hydrogen (secondary N) is 2. The van der Waals surface area contributed by atoms with Crippen LogP contribution >= 0.6 is 0 Å². The summed E-state index contributed by atoms with van der Waals surface area (Å²) in [5.74, 6) is 0.203. The van der Waals surface area contributed by atoms with Crippen LogP contribution in [0.3, 0.4) is 0 Å². The van der Waals surface area contributed by atoms with Crippen molar-refractivity contribution < 1.29 is 9.21 Å². The van der Waals surface area contributed by atoms with E-state index in [9.17, 15) is 9.59 Å². The summed E-state index contributed by atoms with van der Waals surface area (Å²) in [6, 6.07) is 17.8. The maximum atomic E-state index is 12.3. The molecule has 7 nitrogen and oxygen atoms in total. The minimum absolute atomic E-state index is 0.205. The van der Waals surface area contributed by atoms with E-state index in [1.54, 1.807) is 12.1 Å². The predicted molar refractivity (Wildman–Crippen MR) is 96.4 cm³/mol. The van der Waals surface area contributed by atoms with Crippen molar-refractivity contribution in [3.63, 3.8) is 0 Å². The van der Waals surface area contributed by atoms with Gasteiger partial charge in [-0.1, -0.05) is 30.3 Å². The molecule has 4 aromatic rings. The van der Waals surface area contributed by atoms with Crippen LogP contribution in [-0.4, -0.2) is 27.2 Å². The number of oxazole rings is 1. The smallest absolute Gasteiger partial charge is 0.271 e. The van der Waals surface area contributed by atoms with Gasteiger partial charge >= 0.3 is 0 Å². The zero-order valence-electron chi connectivity index (χ0n) is 13.8. The number of aromatic nitrogens is 3. The van der Waals surface area contributed by atoms with E-state index in [0.29, 0.717) is 24.5 Å². The standard InChI is InChI=1S/C19H16N4O3/c24-18-12-15(22-23(18)13-6-2-1-3-7-13)19(25)20-11-10-17-21-14-8-4-5-9-16(14)26-17/h1-9,12,22H,10-11H2,(H,20,25). The maximum absolute atomic E-state index is 12.3. The average Bonchev–Trinajstić information content (AvgIpc) is 3.25. The number of carbonyl (C=O) groups is 1. The average molecular weight is 348 g/mol. The largest absolute Gasteiger partial charge is 0.441 e. The molecule has 130 valence electrons. The summed E-state index contributed by atoms with van der Waals surface area (Å²) >= 11 is 0. The van der Waals surface area contributed by atoms with Gasteiger partial charge in [0.1, 0.15) is 11.2 Å². The van der Waals surface area contributed by atoms with Gasteiger partial charge in [0.15, 0.2) is 11.5 Å². The van der Waals surface area contributed by atoms with Crippen molar-refractivity contribution in [1.82, 2.24) is 20.1 Å². The summed E-state index contributed by atoms with van der Waals surface area (Å²) in [6.07, 6.45) is 0.462. The monoisotopic (exact) mass is 348 g/mol. The third-order valence-corrected chi connectivity index (χ3v) is 3.94. The van der Waals surface area contributed by atoms with Crippen LogP contribution < -0.4 is 10.9 Å². The molecule has 7 heteroatoms. The fourth-order valence-electron chi connectivity index (χ4n) is 2.69. The van der Waals surface area contributed by atoms with Gasteiger partial charge in [-0.25, -0.2) is 9.67 Å². The molecule has 0 saturated carbocycles. The van der Waals surface area contributed by atoms with Crippen molar-refractivity contribution in [1.29, 1.82) is 0 Å². The molecule has 0 atom stereocenters. The summed E-state index contributed by atoms with van der Waals surface area (Å²) < 4.78 is 6.94. The molecule has 26 heavy (non-hydrogen) atoms. The molecule has 4 rings (SSSR count). The number of aromatic amines is 1. The lowest BCUT2D eigenvalue weighted by Crippen LogP contribution is -2.26. The van der Waals surface area contributed by atoms with E-state index in [-0.39, 0.29) is 17.2 Å². The topological polar surface area (TPSA) is 92.9 Å².